The molecule has 1 aliphatic rings. The van der Waals surface area contributed by atoms with Gasteiger partial charge in [-0.05, 0) is 29.9 Å². The van der Waals surface area contributed by atoms with Crippen LogP contribution in [-0.4, -0.2) is 18.2 Å². The molecule has 2 amide bonds. The summed E-state index contributed by atoms with van der Waals surface area (Å²) in [4.78, 5) is 12.3. The van der Waals surface area contributed by atoms with Gasteiger partial charge >= 0.3 is 6.03 Å². The van der Waals surface area contributed by atoms with E-state index in [-0.39, 0.29) is 18.2 Å². The predicted octanol–water partition coefficient (Wildman–Crippen LogP) is 1.55. The van der Waals surface area contributed by atoms with Gasteiger partial charge in [0.15, 0.2) is 0 Å². The summed E-state index contributed by atoms with van der Waals surface area (Å²) in [6.45, 7) is 0. The number of urea groups is 1. The fraction of sp³-hybridized carbons (Fsp3) is 0.500. The molecule has 15 heavy (non-hydrogen) atoms. The van der Waals surface area contributed by atoms with Gasteiger partial charge in [0.1, 0.15) is 0 Å². The Morgan fingerprint density at radius 2 is 2.40 bits per heavy atom. The fourth-order valence-corrected chi connectivity index (χ4v) is 2.91. The van der Waals surface area contributed by atoms with E-state index in [1.54, 1.807) is 18.4 Å². The molecule has 5 heteroatoms. The molecule has 0 saturated heterocycles. The zero-order valence-corrected chi connectivity index (χ0v) is 9.30. The number of aliphatic hydroxyl groups is 1. The van der Waals surface area contributed by atoms with Gasteiger partial charge in [-0.1, -0.05) is 0 Å². The van der Waals surface area contributed by atoms with E-state index < -0.39 is 0 Å². The van der Waals surface area contributed by atoms with Crippen LogP contribution in [-0.2, 0) is 0 Å². The van der Waals surface area contributed by atoms with Gasteiger partial charge < -0.3 is 15.7 Å². The number of carbonyl (C=O) groups is 1. The summed E-state index contributed by atoms with van der Waals surface area (Å²) < 4.78 is 0. The number of hydrogen-bond donors (Lipinski definition) is 3. The Morgan fingerprint density at radius 3 is 3.13 bits per heavy atom. The Balaban J connectivity index is 2.17. The van der Waals surface area contributed by atoms with Crippen LogP contribution in [0.3, 0.4) is 0 Å². The van der Waals surface area contributed by atoms with E-state index in [9.17, 15) is 9.90 Å². The summed E-state index contributed by atoms with van der Waals surface area (Å²) >= 11 is 1.59. The summed E-state index contributed by atoms with van der Waals surface area (Å²) in [7, 11) is 1.60. The first kappa shape index (κ1) is 10.4. The first-order chi connectivity index (χ1) is 7.22. The lowest BCUT2D eigenvalue weighted by atomic mass is 9.92. The standard InChI is InChI=1S/C10H14N2O2S/c1-11-10(14)12-7-2-3-8(13)6-4-5-15-9(6)7/h4-5,7-8,13H,2-3H2,1H3,(H2,11,12,14). The lowest BCUT2D eigenvalue weighted by Gasteiger charge is -2.26. The van der Waals surface area contributed by atoms with Gasteiger partial charge in [0.25, 0.3) is 0 Å². The van der Waals surface area contributed by atoms with E-state index in [4.69, 9.17) is 0 Å². The molecule has 0 fully saturated rings. The lowest BCUT2D eigenvalue weighted by Crippen LogP contribution is -2.37. The van der Waals surface area contributed by atoms with Crippen molar-refractivity contribution in [2.75, 3.05) is 7.05 Å². The number of hydrogen-bond acceptors (Lipinski definition) is 3. The number of aliphatic hydroxyl groups excluding tert-OH is 1. The molecule has 2 rings (SSSR count). The van der Waals surface area contributed by atoms with Crippen molar-refractivity contribution in [3.63, 3.8) is 0 Å². The number of nitrogens with one attached hydrogen (secondary N) is 2. The highest BCUT2D eigenvalue weighted by Gasteiger charge is 2.27. The Labute approximate surface area is 92.3 Å². The minimum Gasteiger partial charge on any atom is -0.388 e. The van der Waals surface area contributed by atoms with Crippen molar-refractivity contribution in [2.24, 2.45) is 0 Å². The Bertz CT molecular complexity index is 364. The monoisotopic (exact) mass is 226 g/mol. The average Bonchev–Trinajstić information content (AvgIpc) is 2.71. The van der Waals surface area contributed by atoms with Gasteiger partial charge in [-0.3, -0.25) is 0 Å². The molecule has 1 aromatic heterocycles. The van der Waals surface area contributed by atoms with Crippen molar-refractivity contribution < 1.29 is 9.90 Å². The average molecular weight is 226 g/mol. The van der Waals surface area contributed by atoms with Gasteiger partial charge in [-0.15, -0.1) is 11.3 Å². The lowest BCUT2D eigenvalue weighted by molar-refractivity contribution is 0.148. The Hall–Kier alpha value is -1.07. The van der Waals surface area contributed by atoms with E-state index in [1.165, 1.54) is 0 Å². The molecule has 1 aromatic rings. The highest BCUT2D eigenvalue weighted by atomic mass is 32.1. The zero-order valence-electron chi connectivity index (χ0n) is 8.49. The number of amides is 2. The second kappa shape index (κ2) is 4.20. The first-order valence-corrected chi connectivity index (χ1v) is 5.84. The molecule has 0 radical (unpaired) electrons. The number of rotatable bonds is 1. The third-order valence-electron chi connectivity index (χ3n) is 2.66. The van der Waals surface area contributed by atoms with Crippen LogP contribution in [0.1, 0.15) is 35.4 Å². The molecule has 1 aliphatic carbocycles. The number of fused-ring (bicyclic) bond motifs is 1. The van der Waals surface area contributed by atoms with Crippen molar-refractivity contribution in [3.8, 4) is 0 Å². The van der Waals surface area contributed by atoms with Crippen molar-refractivity contribution >= 4 is 17.4 Å². The topological polar surface area (TPSA) is 61.4 Å². The molecule has 2 atom stereocenters. The van der Waals surface area contributed by atoms with Crippen LogP contribution in [0.2, 0.25) is 0 Å². The van der Waals surface area contributed by atoms with Crippen molar-refractivity contribution in [2.45, 2.75) is 25.0 Å². The van der Waals surface area contributed by atoms with Gasteiger partial charge in [0, 0.05) is 11.9 Å². The van der Waals surface area contributed by atoms with Gasteiger partial charge in [-0.25, -0.2) is 4.79 Å². The predicted molar refractivity (Wildman–Crippen MR) is 58.8 cm³/mol. The largest absolute Gasteiger partial charge is 0.388 e. The quantitative estimate of drug-likeness (QED) is 0.680. The molecule has 0 spiro atoms. The Kier molecular flexibility index (Phi) is 2.93. The van der Waals surface area contributed by atoms with Crippen LogP contribution in [0.4, 0.5) is 4.79 Å². The molecule has 4 nitrogen and oxygen atoms in total. The van der Waals surface area contributed by atoms with E-state index in [2.05, 4.69) is 10.6 Å². The molecule has 0 saturated carbocycles. The maximum absolute atomic E-state index is 11.2. The van der Waals surface area contributed by atoms with E-state index in [0.717, 1.165) is 16.9 Å². The maximum Gasteiger partial charge on any atom is 0.315 e. The number of carbonyl (C=O) groups excluding carboxylic acids is 1. The molecule has 82 valence electrons. The highest BCUT2D eigenvalue weighted by Crippen LogP contribution is 2.39. The van der Waals surface area contributed by atoms with E-state index in [1.807, 2.05) is 11.4 Å². The summed E-state index contributed by atoms with van der Waals surface area (Å²) in [5.41, 5.74) is 0.965. The van der Waals surface area contributed by atoms with Crippen LogP contribution >= 0.6 is 11.3 Å². The Morgan fingerprint density at radius 1 is 1.60 bits per heavy atom. The molecule has 0 aliphatic heterocycles. The van der Waals surface area contributed by atoms with Crippen LogP contribution in [0.15, 0.2) is 11.4 Å². The normalized spacial score (nSPS) is 24.4. The summed E-state index contributed by atoms with van der Waals surface area (Å²) in [6.07, 6.45) is 1.13. The molecule has 1 heterocycles. The van der Waals surface area contributed by atoms with Crippen molar-refractivity contribution in [1.82, 2.24) is 10.6 Å². The fourth-order valence-electron chi connectivity index (χ4n) is 1.87. The molecule has 2 unspecified atom stereocenters. The van der Waals surface area contributed by atoms with Crippen LogP contribution in [0.5, 0.6) is 0 Å². The summed E-state index contributed by atoms with van der Waals surface area (Å²) in [5.74, 6) is 0. The van der Waals surface area contributed by atoms with Crippen LogP contribution < -0.4 is 10.6 Å². The van der Waals surface area contributed by atoms with E-state index in [0.29, 0.717) is 6.42 Å². The molecule has 3 N–H and O–H groups in total. The van der Waals surface area contributed by atoms with Gasteiger partial charge in [0.2, 0.25) is 0 Å². The second-order valence-corrected chi connectivity index (χ2v) is 4.56. The summed E-state index contributed by atoms with van der Waals surface area (Å²) in [5, 5.41) is 17.1. The van der Waals surface area contributed by atoms with Crippen molar-refractivity contribution in [3.05, 3.63) is 21.9 Å². The van der Waals surface area contributed by atoms with Crippen LogP contribution in [0.25, 0.3) is 0 Å². The minimum atomic E-state index is -0.367. The molecule has 0 aromatic carbocycles. The molecule has 0 bridgehead atoms. The molecular weight excluding hydrogens is 212 g/mol. The smallest absolute Gasteiger partial charge is 0.315 e. The SMILES string of the molecule is CNC(=O)NC1CCC(O)c2ccsc21. The van der Waals surface area contributed by atoms with E-state index >= 15 is 0 Å². The molecular formula is C10H14N2O2S. The highest BCUT2D eigenvalue weighted by molar-refractivity contribution is 7.10. The third kappa shape index (κ3) is 1.98. The maximum atomic E-state index is 11.2. The second-order valence-electron chi connectivity index (χ2n) is 3.61. The third-order valence-corrected chi connectivity index (χ3v) is 3.71. The van der Waals surface area contributed by atoms with Crippen LogP contribution in [0, 0.1) is 0 Å². The van der Waals surface area contributed by atoms with Gasteiger partial charge in [-0.2, -0.15) is 0 Å². The summed E-state index contributed by atoms with van der Waals surface area (Å²) in [6, 6.07) is 1.81. The van der Waals surface area contributed by atoms with Gasteiger partial charge in [0.05, 0.1) is 12.1 Å². The van der Waals surface area contributed by atoms with Crippen molar-refractivity contribution in [1.29, 1.82) is 0 Å². The minimum absolute atomic E-state index is 0.0448. The number of thiophene rings is 1. The zero-order chi connectivity index (χ0) is 10.8. The first-order valence-electron chi connectivity index (χ1n) is 4.96.